The first-order valence-corrected chi connectivity index (χ1v) is 4.43. The van der Waals surface area contributed by atoms with Crippen LogP contribution < -0.4 is 9.47 Å². The van der Waals surface area contributed by atoms with Crippen LogP contribution in [0.3, 0.4) is 0 Å². The molecular formula is C9H5ClN2O2. The van der Waals surface area contributed by atoms with Gasteiger partial charge in [0.2, 0.25) is 6.79 Å². The second kappa shape index (κ2) is 2.72. The Bertz CT molecular complexity index is 515. The zero-order chi connectivity index (χ0) is 9.54. The average molecular weight is 209 g/mol. The molecule has 0 saturated heterocycles. The molecule has 1 aromatic heterocycles. The minimum absolute atomic E-state index is 0.257. The van der Waals surface area contributed by atoms with Gasteiger partial charge in [-0.25, -0.2) is 0 Å². The molecule has 0 amide bonds. The fourth-order valence-electron chi connectivity index (χ4n) is 1.41. The minimum Gasteiger partial charge on any atom is -0.454 e. The van der Waals surface area contributed by atoms with E-state index in [-0.39, 0.29) is 6.79 Å². The summed E-state index contributed by atoms with van der Waals surface area (Å²) < 4.78 is 10.4. The van der Waals surface area contributed by atoms with E-state index in [1.54, 1.807) is 12.1 Å². The summed E-state index contributed by atoms with van der Waals surface area (Å²) >= 11 is 5.72. The number of halogens is 1. The maximum Gasteiger partial charge on any atom is 0.231 e. The van der Waals surface area contributed by atoms with Gasteiger partial charge in [-0.2, -0.15) is 0 Å². The van der Waals surface area contributed by atoms with Crippen LogP contribution in [0.2, 0.25) is 5.15 Å². The molecule has 0 spiro atoms. The van der Waals surface area contributed by atoms with Crippen LogP contribution in [0.4, 0.5) is 0 Å². The smallest absolute Gasteiger partial charge is 0.231 e. The van der Waals surface area contributed by atoms with Crippen molar-refractivity contribution in [2.75, 3.05) is 6.79 Å². The van der Waals surface area contributed by atoms with Gasteiger partial charge >= 0.3 is 0 Å². The summed E-state index contributed by atoms with van der Waals surface area (Å²) in [5, 5.41) is 8.96. The first-order valence-electron chi connectivity index (χ1n) is 4.05. The molecule has 1 aliphatic rings. The highest BCUT2D eigenvalue weighted by Gasteiger charge is 2.14. The summed E-state index contributed by atoms with van der Waals surface area (Å²) in [5.74, 6) is 1.43. The average Bonchev–Trinajstić information content (AvgIpc) is 2.61. The number of nitrogens with zero attached hydrogens (tertiary/aromatic N) is 2. The van der Waals surface area contributed by atoms with Gasteiger partial charge < -0.3 is 9.47 Å². The van der Waals surface area contributed by atoms with Crippen LogP contribution in [-0.2, 0) is 0 Å². The Morgan fingerprint density at radius 3 is 2.71 bits per heavy atom. The molecule has 0 aliphatic carbocycles. The van der Waals surface area contributed by atoms with E-state index in [1.807, 2.05) is 6.07 Å². The molecule has 3 rings (SSSR count). The lowest BCUT2D eigenvalue weighted by Gasteiger charge is -1.99. The number of hydrogen-bond donors (Lipinski definition) is 0. The van der Waals surface area contributed by atoms with Crippen molar-refractivity contribution >= 4 is 22.5 Å². The number of fused-ring (bicyclic) bond motifs is 2. The molecule has 2 aromatic rings. The molecule has 0 radical (unpaired) electrons. The maximum absolute atomic E-state index is 5.72. The fourth-order valence-corrected chi connectivity index (χ4v) is 1.56. The third-order valence-electron chi connectivity index (χ3n) is 2.05. The largest absolute Gasteiger partial charge is 0.454 e. The van der Waals surface area contributed by atoms with Gasteiger partial charge in [0.05, 0.1) is 5.52 Å². The first kappa shape index (κ1) is 7.82. The third kappa shape index (κ3) is 1.08. The van der Waals surface area contributed by atoms with Crippen molar-refractivity contribution in [1.29, 1.82) is 0 Å². The van der Waals surface area contributed by atoms with Gasteiger partial charge in [0, 0.05) is 11.5 Å². The molecule has 0 fully saturated rings. The standard InChI is InChI=1S/C9H5ClN2O2/c10-9-2-5-1-7-8(14-4-13-7)3-6(5)11-12-9/h1-3H,4H2. The van der Waals surface area contributed by atoms with E-state index in [1.165, 1.54) is 0 Å². The van der Waals surface area contributed by atoms with E-state index in [0.29, 0.717) is 10.9 Å². The van der Waals surface area contributed by atoms with E-state index in [2.05, 4.69) is 10.2 Å². The van der Waals surface area contributed by atoms with Crippen LogP contribution in [0.1, 0.15) is 0 Å². The zero-order valence-corrected chi connectivity index (χ0v) is 7.78. The van der Waals surface area contributed by atoms with Crippen molar-refractivity contribution in [3.05, 3.63) is 23.4 Å². The van der Waals surface area contributed by atoms with E-state index in [9.17, 15) is 0 Å². The Labute approximate surface area is 84.4 Å². The molecule has 0 atom stereocenters. The van der Waals surface area contributed by atoms with Crippen LogP contribution in [0.15, 0.2) is 18.2 Å². The van der Waals surface area contributed by atoms with Gasteiger partial charge in [0.1, 0.15) is 0 Å². The van der Waals surface area contributed by atoms with Crippen LogP contribution in [-0.4, -0.2) is 17.0 Å². The Kier molecular flexibility index (Phi) is 1.52. The summed E-state index contributed by atoms with van der Waals surface area (Å²) in [4.78, 5) is 0. The molecule has 0 N–H and O–H groups in total. The van der Waals surface area contributed by atoms with E-state index in [0.717, 1.165) is 16.7 Å². The van der Waals surface area contributed by atoms with Crippen LogP contribution in [0.25, 0.3) is 10.9 Å². The lowest BCUT2D eigenvalue weighted by atomic mass is 10.2. The van der Waals surface area contributed by atoms with E-state index in [4.69, 9.17) is 21.1 Å². The molecule has 1 aromatic carbocycles. The highest BCUT2D eigenvalue weighted by atomic mass is 35.5. The summed E-state index contributed by atoms with van der Waals surface area (Å²) in [7, 11) is 0. The normalized spacial score (nSPS) is 13.5. The van der Waals surface area contributed by atoms with Gasteiger partial charge in [0.15, 0.2) is 16.7 Å². The molecule has 4 nitrogen and oxygen atoms in total. The lowest BCUT2D eigenvalue weighted by molar-refractivity contribution is 0.174. The molecule has 2 heterocycles. The molecule has 1 aliphatic heterocycles. The Morgan fingerprint density at radius 2 is 1.86 bits per heavy atom. The summed E-state index contributed by atoms with van der Waals surface area (Å²) in [5.41, 5.74) is 0.749. The monoisotopic (exact) mass is 208 g/mol. The van der Waals surface area contributed by atoms with Gasteiger partial charge in [-0.05, 0) is 12.1 Å². The Balaban J connectivity index is 2.33. The van der Waals surface area contributed by atoms with Gasteiger partial charge in [-0.1, -0.05) is 11.6 Å². The molecule has 14 heavy (non-hydrogen) atoms. The predicted molar refractivity (Wildman–Crippen MR) is 50.7 cm³/mol. The van der Waals surface area contributed by atoms with Gasteiger partial charge in [-0.3, -0.25) is 0 Å². The molecule has 0 bridgehead atoms. The minimum atomic E-state index is 0.257. The predicted octanol–water partition coefficient (Wildman–Crippen LogP) is 2.01. The quantitative estimate of drug-likeness (QED) is 0.664. The number of rotatable bonds is 0. The number of aromatic nitrogens is 2. The molecular weight excluding hydrogens is 204 g/mol. The Hall–Kier alpha value is -1.55. The second-order valence-electron chi connectivity index (χ2n) is 2.93. The number of benzene rings is 1. The SMILES string of the molecule is Clc1cc2cc3c(cc2nn1)OCO3. The van der Waals surface area contributed by atoms with Crippen molar-refractivity contribution in [2.24, 2.45) is 0 Å². The molecule has 70 valence electrons. The summed E-state index contributed by atoms with van der Waals surface area (Å²) in [6.45, 7) is 0.257. The zero-order valence-electron chi connectivity index (χ0n) is 7.03. The van der Waals surface area contributed by atoms with Crippen LogP contribution >= 0.6 is 11.6 Å². The Morgan fingerprint density at radius 1 is 1.07 bits per heavy atom. The topological polar surface area (TPSA) is 44.2 Å². The second-order valence-corrected chi connectivity index (χ2v) is 3.32. The summed E-state index contributed by atoms with van der Waals surface area (Å²) in [6.07, 6.45) is 0. The third-order valence-corrected chi connectivity index (χ3v) is 2.23. The van der Waals surface area contributed by atoms with Crippen molar-refractivity contribution in [3.8, 4) is 11.5 Å². The van der Waals surface area contributed by atoms with Crippen LogP contribution in [0, 0.1) is 0 Å². The van der Waals surface area contributed by atoms with Crippen molar-refractivity contribution in [3.63, 3.8) is 0 Å². The highest BCUT2D eigenvalue weighted by molar-refractivity contribution is 6.29. The number of hydrogen-bond acceptors (Lipinski definition) is 4. The first-order chi connectivity index (χ1) is 6.83. The highest BCUT2D eigenvalue weighted by Crippen LogP contribution is 2.35. The van der Waals surface area contributed by atoms with Gasteiger partial charge in [-0.15, -0.1) is 10.2 Å². The van der Waals surface area contributed by atoms with Crippen LogP contribution in [0.5, 0.6) is 11.5 Å². The van der Waals surface area contributed by atoms with Crippen molar-refractivity contribution < 1.29 is 9.47 Å². The lowest BCUT2D eigenvalue weighted by Crippen LogP contribution is -1.92. The maximum atomic E-state index is 5.72. The van der Waals surface area contributed by atoms with E-state index < -0.39 is 0 Å². The van der Waals surface area contributed by atoms with E-state index >= 15 is 0 Å². The molecule has 0 unspecified atom stereocenters. The van der Waals surface area contributed by atoms with Crippen molar-refractivity contribution in [1.82, 2.24) is 10.2 Å². The fraction of sp³-hybridized carbons (Fsp3) is 0.111. The number of ether oxygens (including phenoxy) is 2. The molecule has 5 heteroatoms. The van der Waals surface area contributed by atoms with Crippen molar-refractivity contribution in [2.45, 2.75) is 0 Å². The van der Waals surface area contributed by atoms with Gasteiger partial charge in [0.25, 0.3) is 0 Å². The molecule has 0 saturated carbocycles. The summed E-state index contributed by atoms with van der Waals surface area (Å²) in [6, 6.07) is 5.38.